The molecule has 0 saturated carbocycles. The first-order valence-electron chi connectivity index (χ1n) is 6.85. The molecular weight excluding hydrogens is 246 g/mol. The summed E-state index contributed by atoms with van der Waals surface area (Å²) in [6.07, 6.45) is 7.25. The van der Waals surface area contributed by atoms with Crippen LogP contribution >= 0.6 is 0 Å². The molecule has 0 aliphatic carbocycles. The van der Waals surface area contributed by atoms with Crippen molar-refractivity contribution in [3.8, 4) is 0 Å². The average molecular weight is 271 g/mol. The van der Waals surface area contributed by atoms with E-state index in [1.54, 1.807) is 6.26 Å². The smallest absolute Gasteiger partial charge is 0.334 e. The second-order valence-electron chi connectivity index (χ2n) is 4.66. The van der Waals surface area contributed by atoms with Gasteiger partial charge in [-0.1, -0.05) is 13.8 Å². The molecule has 0 unspecified atom stereocenters. The lowest BCUT2D eigenvalue weighted by Crippen LogP contribution is -2.39. The Hall–Kier alpha value is -0.653. The van der Waals surface area contributed by atoms with Crippen molar-refractivity contribution in [3.63, 3.8) is 0 Å². The predicted octanol–water partition coefficient (Wildman–Crippen LogP) is 3.53. The molecule has 0 aliphatic heterocycles. The second-order valence-corrected chi connectivity index (χ2v) is 8.01. The lowest BCUT2D eigenvalue weighted by atomic mass is 10.3. The van der Waals surface area contributed by atoms with Gasteiger partial charge in [-0.2, -0.15) is 0 Å². The zero-order valence-electron chi connectivity index (χ0n) is 11.8. The Morgan fingerprint density at radius 2 is 1.89 bits per heavy atom. The Balaban J connectivity index is 2.34. The van der Waals surface area contributed by atoms with Gasteiger partial charge in [0.2, 0.25) is 0 Å². The van der Waals surface area contributed by atoms with Crippen molar-refractivity contribution in [2.75, 3.05) is 13.2 Å². The Bertz CT molecular complexity index is 295. The quantitative estimate of drug-likeness (QED) is 0.611. The van der Waals surface area contributed by atoms with Crippen molar-refractivity contribution >= 4 is 8.56 Å². The number of rotatable bonds is 10. The number of nitrogens with zero attached hydrogens (tertiary/aromatic N) is 1. The lowest BCUT2D eigenvalue weighted by molar-refractivity contribution is 0.172. The van der Waals surface area contributed by atoms with Gasteiger partial charge in [0.15, 0.2) is 6.39 Å². The van der Waals surface area contributed by atoms with Crippen LogP contribution in [0.15, 0.2) is 17.1 Å². The van der Waals surface area contributed by atoms with Crippen LogP contribution in [0.3, 0.4) is 0 Å². The summed E-state index contributed by atoms with van der Waals surface area (Å²) in [5.41, 5.74) is 1.01. The highest BCUT2D eigenvalue weighted by Crippen LogP contribution is 2.18. The molecule has 1 rings (SSSR count). The molecular formula is C13H25NO3Si. The van der Waals surface area contributed by atoms with E-state index in [1.807, 2.05) is 0 Å². The van der Waals surface area contributed by atoms with Crippen LogP contribution in [0.25, 0.3) is 0 Å². The Morgan fingerprint density at radius 3 is 2.39 bits per heavy atom. The molecule has 104 valence electrons. The van der Waals surface area contributed by atoms with Crippen molar-refractivity contribution in [1.82, 2.24) is 4.98 Å². The van der Waals surface area contributed by atoms with Gasteiger partial charge >= 0.3 is 8.56 Å². The maximum Gasteiger partial charge on any atom is 0.334 e. The predicted molar refractivity (Wildman–Crippen MR) is 73.7 cm³/mol. The highest BCUT2D eigenvalue weighted by Gasteiger charge is 2.30. The van der Waals surface area contributed by atoms with E-state index in [0.29, 0.717) is 0 Å². The van der Waals surface area contributed by atoms with Crippen LogP contribution in [0, 0.1) is 0 Å². The van der Waals surface area contributed by atoms with Crippen LogP contribution in [-0.4, -0.2) is 26.8 Å². The minimum Gasteiger partial charge on any atom is -0.451 e. The van der Waals surface area contributed by atoms with Crippen molar-refractivity contribution in [1.29, 1.82) is 0 Å². The Kier molecular flexibility index (Phi) is 7.23. The van der Waals surface area contributed by atoms with Gasteiger partial charge in [0.1, 0.15) is 6.26 Å². The summed E-state index contributed by atoms with van der Waals surface area (Å²) in [4.78, 5) is 4.13. The zero-order valence-corrected chi connectivity index (χ0v) is 12.8. The fraction of sp³-hybridized carbons (Fsp3) is 0.769. The van der Waals surface area contributed by atoms with Gasteiger partial charge in [0.05, 0.1) is 5.69 Å². The van der Waals surface area contributed by atoms with E-state index >= 15 is 0 Å². The van der Waals surface area contributed by atoms with E-state index in [2.05, 4.69) is 25.4 Å². The summed E-state index contributed by atoms with van der Waals surface area (Å²) < 4.78 is 16.9. The number of hydrogen-bond donors (Lipinski definition) is 0. The molecule has 0 bridgehead atoms. The van der Waals surface area contributed by atoms with Crippen LogP contribution in [-0.2, 0) is 15.3 Å². The average Bonchev–Trinajstić information content (AvgIpc) is 2.87. The highest BCUT2D eigenvalue weighted by molar-refractivity contribution is 6.66. The van der Waals surface area contributed by atoms with E-state index in [1.165, 1.54) is 6.39 Å². The van der Waals surface area contributed by atoms with Gasteiger partial charge in [0, 0.05) is 13.2 Å². The molecule has 4 nitrogen and oxygen atoms in total. The number of aromatic nitrogens is 1. The summed E-state index contributed by atoms with van der Waals surface area (Å²) in [5.74, 6) is 0. The first-order chi connectivity index (χ1) is 8.70. The fourth-order valence-electron chi connectivity index (χ4n) is 1.77. The van der Waals surface area contributed by atoms with E-state index < -0.39 is 8.56 Å². The van der Waals surface area contributed by atoms with Crippen molar-refractivity contribution in [2.45, 2.75) is 52.1 Å². The summed E-state index contributed by atoms with van der Waals surface area (Å²) >= 11 is 0. The molecule has 1 aromatic rings. The van der Waals surface area contributed by atoms with Crippen LogP contribution in [0.1, 0.15) is 38.8 Å². The molecule has 5 heteroatoms. The third-order valence-corrected chi connectivity index (χ3v) is 5.66. The normalized spacial score (nSPS) is 11.9. The van der Waals surface area contributed by atoms with Gasteiger partial charge in [-0.15, -0.1) is 0 Å². The topological polar surface area (TPSA) is 44.5 Å². The minimum absolute atomic E-state index is 0.802. The van der Waals surface area contributed by atoms with E-state index in [0.717, 1.165) is 50.6 Å². The highest BCUT2D eigenvalue weighted by atomic mass is 28.4. The van der Waals surface area contributed by atoms with Gasteiger partial charge in [-0.05, 0) is 38.3 Å². The third kappa shape index (κ3) is 5.80. The zero-order chi connectivity index (χ0) is 13.3. The first kappa shape index (κ1) is 15.4. The summed E-state index contributed by atoms with van der Waals surface area (Å²) in [5, 5.41) is 0. The molecule has 0 aromatic carbocycles. The minimum atomic E-state index is -1.98. The molecule has 18 heavy (non-hydrogen) atoms. The molecule has 0 fully saturated rings. The van der Waals surface area contributed by atoms with E-state index in [-0.39, 0.29) is 0 Å². The number of aryl methyl sites for hydroxylation is 1. The molecule has 0 radical (unpaired) electrons. The van der Waals surface area contributed by atoms with Crippen molar-refractivity contribution in [2.24, 2.45) is 0 Å². The number of oxazole rings is 1. The maximum atomic E-state index is 5.97. The largest absolute Gasteiger partial charge is 0.451 e. The van der Waals surface area contributed by atoms with Gasteiger partial charge in [0.25, 0.3) is 0 Å². The maximum absolute atomic E-state index is 5.97. The Labute approximate surface area is 111 Å². The fourth-order valence-corrected chi connectivity index (χ4v) is 4.24. The molecule has 0 amide bonds. The molecule has 0 aliphatic rings. The van der Waals surface area contributed by atoms with Crippen LogP contribution in [0.2, 0.25) is 12.6 Å². The Morgan fingerprint density at radius 1 is 1.22 bits per heavy atom. The molecule has 1 aromatic heterocycles. The van der Waals surface area contributed by atoms with Gasteiger partial charge in [-0.25, -0.2) is 4.98 Å². The van der Waals surface area contributed by atoms with Crippen molar-refractivity contribution in [3.05, 3.63) is 18.4 Å². The van der Waals surface area contributed by atoms with Crippen LogP contribution in [0.4, 0.5) is 0 Å². The third-order valence-electron chi connectivity index (χ3n) is 2.77. The lowest BCUT2D eigenvalue weighted by Gasteiger charge is -2.26. The second kappa shape index (κ2) is 8.45. The van der Waals surface area contributed by atoms with Crippen LogP contribution in [0.5, 0.6) is 0 Å². The molecule has 1 heterocycles. The molecule has 0 N–H and O–H groups in total. The van der Waals surface area contributed by atoms with Crippen molar-refractivity contribution < 1.29 is 13.3 Å². The first-order valence-corrected chi connectivity index (χ1v) is 9.37. The standard InChI is InChI=1S/C13H25NO3Si/c1-4-8-16-18(3,17-9-5-2)10-6-7-13-11-15-12-14-13/h11-12H,4-10H2,1-3H3. The van der Waals surface area contributed by atoms with Crippen LogP contribution < -0.4 is 0 Å². The molecule has 0 spiro atoms. The van der Waals surface area contributed by atoms with E-state index in [9.17, 15) is 0 Å². The SMILES string of the molecule is CCCO[Si](C)(CCCc1cocn1)OCCC. The monoisotopic (exact) mass is 271 g/mol. The van der Waals surface area contributed by atoms with Gasteiger partial charge < -0.3 is 13.3 Å². The summed E-state index contributed by atoms with van der Waals surface area (Å²) in [6.45, 7) is 8.03. The molecule has 0 atom stereocenters. The van der Waals surface area contributed by atoms with E-state index in [4.69, 9.17) is 13.3 Å². The molecule has 0 saturated heterocycles. The summed E-state index contributed by atoms with van der Waals surface area (Å²) in [7, 11) is -1.98. The van der Waals surface area contributed by atoms with Gasteiger partial charge in [-0.3, -0.25) is 0 Å². The summed E-state index contributed by atoms with van der Waals surface area (Å²) in [6, 6.07) is 1.01. The number of hydrogen-bond acceptors (Lipinski definition) is 4.